The average Bonchev–Trinajstić information content (AvgIpc) is 2.33. The minimum Gasteiger partial charge on any atom is -0.351 e. The normalized spacial score (nSPS) is 10.1. The summed E-state index contributed by atoms with van der Waals surface area (Å²) in [5, 5.41) is 5.98. The molecule has 1 amide bonds. The first-order valence-corrected chi connectivity index (χ1v) is 5.84. The van der Waals surface area contributed by atoms with E-state index in [-0.39, 0.29) is 5.91 Å². The van der Waals surface area contributed by atoms with Gasteiger partial charge in [-0.3, -0.25) is 4.79 Å². The van der Waals surface area contributed by atoms with Crippen LogP contribution in [-0.4, -0.2) is 19.0 Å². The van der Waals surface area contributed by atoms with Crippen LogP contribution in [0.25, 0.3) is 0 Å². The maximum atomic E-state index is 11.4. The fourth-order valence-electron chi connectivity index (χ4n) is 1.36. The molecular weight excluding hydrogens is 200 g/mol. The summed E-state index contributed by atoms with van der Waals surface area (Å²) in [5.41, 5.74) is 1.13. The van der Waals surface area contributed by atoms with Crippen molar-refractivity contribution in [1.29, 1.82) is 0 Å². The molecule has 0 aliphatic carbocycles. The highest BCUT2D eigenvalue weighted by Crippen LogP contribution is 1.96. The highest BCUT2D eigenvalue weighted by atomic mass is 16.1. The van der Waals surface area contributed by atoms with Gasteiger partial charge in [0.1, 0.15) is 0 Å². The largest absolute Gasteiger partial charge is 0.351 e. The van der Waals surface area contributed by atoms with Crippen molar-refractivity contribution in [2.45, 2.75) is 26.3 Å². The summed E-state index contributed by atoms with van der Waals surface area (Å²) < 4.78 is 0. The molecule has 0 saturated heterocycles. The first-order valence-electron chi connectivity index (χ1n) is 5.84. The van der Waals surface area contributed by atoms with Gasteiger partial charge in [-0.05, 0) is 18.5 Å². The van der Waals surface area contributed by atoms with Gasteiger partial charge in [0.15, 0.2) is 0 Å². The van der Waals surface area contributed by atoms with Crippen LogP contribution in [0.15, 0.2) is 30.3 Å². The Hall–Kier alpha value is -1.35. The summed E-state index contributed by atoms with van der Waals surface area (Å²) in [6, 6.07) is 9.93. The third-order valence-corrected chi connectivity index (χ3v) is 2.33. The topological polar surface area (TPSA) is 41.1 Å². The van der Waals surface area contributed by atoms with E-state index in [2.05, 4.69) is 17.6 Å². The van der Waals surface area contributed by atoms with Crippen LogP contribution in [0.2, 0.25) is 0 Å². The lowest BCUT2D eigenvalue weighted by Crippen LogP contribution is -2.33. The monoisotopic (exact) mass is 220 g/mol. The zero-order valence-corrected chi connectivity index (χ0v) is 9.83. The second-order valence-electron chi connectivity index (χ2n) is 3.79. The van der Waals surface area contributed by atoms with Crippen LogP contribution in [0, 0.1) is 0 Å². The molecule has 0 unspecified atom stereocenters. The number of benzene rings is 1. The Labute approximate surface area is 97.2 Å². The van der Waals surface area contributed by atoms with Gasteiger partial charge in [0.25, 0.3) is 0 Å². The molecule has 2 N–H and O–H groups in total. The number of unbranched alkanes of at least 4 members (excludes halogenated alkanes) is 1. The molecule has 0 radical (unpaired) electrons. The van der Waals surface area contributed by atoms with Crippen molar-refractivity contribution in [1.82, 2.24) is 10.6 Å². The maximum Gasteiger partial charge on any atom is 0.234 e. The number of hydrogen-bond donors (Lipinski definition) is 2. The molecule has 16 heavy (non-hydrogen) atoms. The number of rotatable bonds is 7. The number of nitrogens with one attached hydrogen (secondary N) is 2. The lowest BCUT2D eigenvalue weighted by Gasteiger charge is -2.06. The molecule has 0 aromatic heterocycles. The van der Waals surface area contributed by atoms with Crippen molar-refractivity contribution in [3.05, 3.63) is 35.9 Å². The van der Waals surface area contributed by atoms with Gasteiger partial charge in [-0.2, -0.15) is 0 Å². The minimum absolute atomic E-state index is 0.0555. The first-order chi connectivity index (χ1) is 7.83. The molecule has 1 aromatic carbocycles. The molecule has 0 atom stereocenters. The average molecular weight is 220 g/mol. The Balaban J connectivity index is 2.11. The highest BCUT2D eigenvalue weighted by molar-refractivity contribution is 5.77. The smallest absolute Gasteiger partial charge is 0.234 e. The molecule has 3 nitrogen and oxygen atoms in total. The van der Waals surface area contributed by atoms with Crippen LogP contribution < -0.4 is 10.6 Å². The van der Waals surface area contributed by atoms with E-state index in [0.717, 1.165) is 24.9 Å². The second kappa shape index (κ2) is 7.88. The van der Waals surface area contributed by atoms with Crippen molar-refractivity contribution >= 4 is 5.91 Å². The van der Waals surface area contributed by atoms with E-state index >= 15 is 0 Å². The van der Waals surface area contributed by atoms with Crippen molar-refractivity contribution in [3.63, 3.8) is 0 Å². The molecule has 1 aromatic rings. The SMILES string of the molecule is CCCCNCC(=O)NCc1ccccc1. The third-order valence-electron chi connectivity index (χ3n) is 2.33. The molecule has 88 valence electrons. The van der Waals surface area contributed by atoms with Gasteiger partial charge in [0.05, 0.1) is 6.54 Å². The molecule has 0 bridgehead atoms. The maximum absolute atomic E-state index is 11.4. The van der Waals surface area contributed by atoms with E-state index in [4.69, 9.17) is 0 Å². The van der Waals surface area contributed by atoms with Gasteiger partial charge in [0.2, 0.25) is 5.91 Å². The van der Waals surface area contributed by atoms with Gasteiger partial charge in [-0.1, -0.05) is 43.7 Å². The lowest BCUT2D eigenvalue weighted by atomic mass is 10.2. The summed E-state index contributed by atoms with van der Waals surface area (Å²) in [6.45, 7) is 4.06. The third kappa shape index (κ3) is 5.51. The minimum atomic E-state index is 0.0555. The molecule has 1 rings (SSSR count). The predicted molar refractivity (Wildman–Crippen MR) is 66.1 cm³/mol. The Morgan fingerprint density at radius 3 is 2.69 bits per heavy atom. The summed E-state index contributed by atoms with van der Waals surface area (Å²) in [4.78, 5) is 11.4. The van der Waals surface area contributed by atoms with E-state index in [0.29, 0.717) is 13.1 Å². The van der Waals surface area contributed by atoms with E-state index in [9.17, 15) is 4.79 Å². The molecule has 0 fully saturated rings. The van der Waals surface area contributed by atoms with Crippen LogP contribution in [0.4, 0.5) is 0 Å². The van der Waals surface area contributed by atoms with Crippen LogP contribution in [0.1, 0.15) is 25.3 Å². The summed E-state index contributed by atoms with van der Waals surface area (Å²) in [7, 11) is 0. The number of carbonyl (C=O) groups is 1. The predicted octanol–water partition coefficient (Wildman–Crippen LogP) is 1.69. The van der Waals surface area contributed by atoms with E-state index in [1.54, 1.807) is 0 Å². The molecular formula is C13H20N2O. The fourth-order valence-corrected chi connectivity index (χ4v) is 1.36. The van der Waals surface area contributed by atoms with Gasteiger partial charge < -0.3 is 10.6 Å². The van der Waals surface area contributed by atoms with E-state index in [1.807, 2.05) is 30.3 Å². The van der Waals surface area contributed by atoms with Crippen molar-refractivity contribution < 1.29 is 4.79 Å². The van der Waals surface area contributed by atoms with Crippen molar-refractivity contribution in [2.75, 3.05) is 13.1 Å². The van der Waals surface area contributed by atoms with Crippen molar-refractivity contribution in [2.24, 2.45) is 0 Å². The molecule has 0 aliphatic heterocycles. The summed E-state index contributed by atoms with van der Waals surface area (Å²) in [6.07, 6.45) is 2.27. The van der Waals surface area contributed by atoms with Gasteiger partial charge >= 0.3 is 0 Å². The lowest BCUT2D eigenvalue weighted by molar-refractivity contribution is -0.120. The number of carbonyl (C=O) groups excluding carboxylic acids is 1. The molecule has 0 heterocycles. The van der Waals surface area contributed by atoms with E-state index in [1.165, 1.54) is 0 Å². The van der Waals surface area contributed by atoms with Crippen LogP contribution in [0.3, 0.4) is 0 Å². The second-order valence-corrected chi connectivity index (χ2v) is 3.79. The Bertz CT molecular complexity index is 298. The Morgan fingerprint density at radius 1 is 1.25 bits per heavy atom. The molecule has 0 spiro atoms. The summed E-state index contributed by atoms with van der Waals surface area (Å²) >= 11 is 0. The van der Waals surface area contributed by atoms with Crippen LogP contribution in [0.5, 0.6) is 0 Å². The molecule has 0 saturated carbocycles. The van der Waals surface area contributed by atoms with Crippen molar-refractivity contribution in [3.8, 4) is 0 Å². The first kappa shape index (κ1) is 12.7. The Morgan fingerprint density at radius 2 is 2.00 bits per heavy atom. The number of hydrogen-bond acceptors (Lipinski definition) is 2. The van der Waals surface area contributed by atoms with Crippen LogP contribution in [-0.2, 0) is 11.3 Å². The zero-order chi connectivity index (χ0) is 11.6. The van der Waals surface area contributed by atoms with E-state index < -0.39 is 0 Å². The van der Waals surface area contributed by atoms with Gasteiger partial charge in [0, 0.05) is 6.54 Å². The zero-order valence-electron chi connectivity index (χ0n) is 9.83. The van der Waals surface area contributed by atoms with Gasteiger partial charge in [-0.25, -0.2) is 0 Å². The van der Waals surface area contributed by atoms with Crippen LogP contribution >= 0.6 is 0 Å². The number of amides is 1. The van der Waals surface area contributed by atoms with Gasteiger partial charge in [-0.15, -0.1) is 0 Å². The standard InChI is InChI=1S/C13H20N2O/c1-2-3-9-14-11-13(16)15-10-12-7-5-4-6-8-12/h4-8,14H,2-3,9-11H2,1H3,(H,15,16). The molecule has 0 aliphatic rings. The summed E-state index contributed by atoms with van der Waals surface area (Å²) in [5.74, 6) is 0.0555. The fraction of sp³-hybridized carbons (Fsp3) is 0.462. The molecule has 3 heteroatoms. The highest BCUT2D eigenvalue weighted by Gasteiger charge is 1.99. The Kier molecular flexibility index (Phi) is 6.26. The quantitative estimate of drug-likeness (QED) is 0.687.